The maximum atomic E-state index is 5.74. The normalized spacial score (nSPS) is 25.5. The third kappa shape index (κ3) is 1.40. The molecule has 0 amide bonds. The largest absolute Gasteiger partial charge is 0.398 e. The molecule has 0 aromatic heterocycles. The number of nitrogens with two attached hydrogens (primary N) is 2. The zero-order chi connectivity index (χ0) is 8.65. The summed E-state index contributed by atoms with van der Waals surface area (Å²) in [5.41, 5.74) is 17.9. The van der Waals surface area contributed by atoms with Gasteiger partial charge in [0.2, 0.25) is 0 Å². The maximum absolute atomic E-state index is 5.74. The van der Waals surface area contributed by atoms with Crippen molar-refractivity contribution in [2.75, 3.05) is 0 Å². The summed E-state index contributed by atoms with van der Waals surface area (Å²) >= 11 is 0. The summed E-state index contributed by atoms with van der Waals surface area (Å²) in [4.78, 5) is 0. The van der Waals surface area contributed by atoms with Crippen molar-refractivity contribution in [2.24, 2.45) is 16.9 Å². The Balaban J connectivity index is 2.79. The molecule has 64 valence electrons. The predicted octanol–water partition coefficient (Wildman–Crippen LogP) is -0.405. The molecule has 1 atom stereocenters. The smallest absolute Gasteiger partial charge is 0.132 e. The lowest BCUT2D eigenvalue weighted by atomic mass is 9.86. The van der Waals surface area contributed by atoms with Gasteiger partial charge in [0.1, 0.15) is 5.82 Å². The van der Waals surface area contributed by atoms with E-state index >= 15 is 0 Å². The van der Waals surface area contributed by atoms with Gasteiger partial charge in [-0.25, -0.2) is 5.43 Å². The fraction of sp³-hybridized carbons (Fsp3) is 0.714. The minimum absolute atomic E-state index is 0.0954. The molecule has 0 fully saturated rings. The van der Waals surface area contributed by atoms with Crippen LogP contribution < -0.4 is 22.3 Å². The number of hydrogen-bond donors (Lipinski definition) is 4. The van der Waals surface area contributed by atoms with E-state index in [1.54, 1.807) is 0 Å². The monoisotopic (exact) mass is 156 g/mol. The fourth-order valence-electron chi connectivity index (χ4n) is 1.14. The number of hydrogen-bond acceptors (Lipinski definition) is 4. The van der Waals surface area contributed by atoms with Crippen LogP contribution in [0.1, 0.15) is 20.8 Å². The lowest BCUT2D eigenvalue weighted by Crippen LogP contribution is -2.43. The molecule has 4 heteroatoms. The van der Waals surface area contributed by atoms with E-state index in [1.165, 1.54) is 0 Å². The van der Waals surface area contributed by atoms with Gasteiger partial charge < -0.3 is 16.9 Å². The Hall–Kier alpha value is -0.900. The van der Waals surface area contributed by atoms with Crippen LogP contribution in [0.2, 0.25) is 0 Å². The first-order chi connectivity index (χ1) is 4.93. The van der Waals surface area contributed by atoms with Crippen LogP contribution in [-0.2, 0) is 0 Å². The first-order valence-electron chi connectivity index (χ1n) is 3.69. The van der Waals surface area contributed by atoms with Crippen LogP contribution in [0.3, 0.4) is 0 Å². The molecule has 11 heavy (non-hydrogen) atoms. The molecule has 0 saturated carbocycles. The van der Waals surface area contributed by atoms with Crippen molar-refractivity contribution in [3.63, 3.8) is 0 Å². The molecule has 0 radical (unpaired) electrons. The standard InChI is InChI=1S/C7H16N4/c1-7(2,3)5-4(8)6(9)11-10-5/h5,10-11H,8-9H2,1-3H3. The molecule has 0 saturated heterocycles. The molecule has 4 nitrogen and oxygen atoms in total. The summed E-state index contributed by atoms with van der Waals surface area (Å²) < 4.78 is 0. The second-order valence-corrected chi connectivity index (χ2v) is 3.94. The number of rotatable bonds is 0. The van der Waals surface area contributed by atoms with Gasteiger partial charge in [-0.1, -0.05) is 20.8 Å². The van der Waals surface area contributed by atoms with Gasteiger partial charge in [-0.05, 0) is 5.41 Å². The molecular weight excluding hydrogens is 140 g/mol. The van der Waals surface area contributed by atoms with E-state index < -0.39 is 0 Å². The highest BCUT2D eigenvalue weighted by Crippen LogP contribution is 2.24. The van der Waals surface area contributed by atoms with E-state index in [9.17, 15) is 0 Å². The first kappa shape index (κ1) is 8.20. The summed E-state index contributed by atoms with van der Waals surface area (Å²) in [5, 5.41) is 0. The molecule has 1 rings (SSSR count). The van der Waals surface area contributed by atoms with Crippen LogP contribution in [0.15, 0.2) is 11.5 Å². The lowest BCUT2D eigenvalue weighted by molar-refractivity contribution is 0.303. The van der Waals surface area contributed by atoms with Gasteiger partial charge in [0, 0.05) is 0 Å². The lowest BCUT2D eigenvalue weighted by Gasteiger charge is -2.26. The van der Waals surface area contributed by atoms with Crippen LogP contribution in [0, 0.1) is 5.41 Å². The molecule has 6 N–H and O–H groups in total. The SMILES string of the molecule is CC(C)(C)C1NNC(N)=C1N. The van der Waals surface area contributed by atoms with E-state index in [4.69, 9.17) is 11.5 Å². The highest BCUT2D eigenvalue weighted by atomic mass is 15.4. The average Bonchev–Trinajstić information content (AvgIpc) is 2.11. The summed E-state index contributed by atoms with van der Waals surface area (Å²) in [6.45, 7) is 6.33. The third-order valence-electron chi connectivity index (χ3n) is 1.84. The summed E-state index contributed by atoms with van der Waals surface area (Å²) in [6, 6.07) is 0.127. The topological polar surface area (TPSA) is 76.1 Å². The summed E-state index contributed by atoms with van der Waals surface area (Å²) in [6.07, 6.45) is 0. The van der Waals surface area contributed by atoms with Gasteiger partial charge in [-0.15, -0.1) is 0 Å². The van der Waals surface area contributed by atoms with E-state index in [2.05, 4.69) is 31.6 Å². The molecule has 1 aliphatic rings. The Morgan fingerprint density at radius 3 is 2.00 bits per heavy atom. The predicted molar refractivity (Wildman–Crippen MR) is 44.9 cm³/mol. The molecule has 0 aliphatic carbocycles. The zero-order valence-electron chi connectivity index (χ0n) is 7.23. The van der Waals surface area contributed by atoms with Crippen LogP contribution in [0.5, 0.6) is 0 Å². The second kappa shape index (κ2) is 2.30. The first-order valence-corrected chi connectivity index (χ1v) is 3.69. The molecule has 1 unspecified atom stereocenters. The summed E-state index contributed by atoms with van der Waals surface area (Å²) in [7, 11) is 0. The van der Waals surface area contributed by atoms with Crippen LogP contribution in [0.4, 0.5) is 0 Å². The van der Waals surface area contributed by atoms with Gasteiger partial charge in [0.15, 0.2) is 0 Å². The molecule has 1 heterocycles. The molecule has 1 aliphatic heterocycles. The molecule has 0 aromatic carbocycles. The Bertz CT molecular complexity index is 189. The van der Waals surface area contributed by atoms with Gasteiger partial charge in [-0.2, -0.15) is 0 Å². The summed E-state index contributed by atoms with van der Waals surface area (Å²) in [5.74, 6) is 0.546. The Kier molecular flexibility index (Phi) is 1.72. The number of hydrazine groups is 1. The minimum atomic E-state index is 0.0954. The maximum Gasteiger partial charge on any atom is 0.132 e. The quantitative estimate of drug-likeness (QED) is 0.385. The van der Waals surface area contributed by atoms with Gasteiger partial charge in [0.05, 0.1) is 11.7 Å². The molecular formula is C7H16N4. The van der Waals surface area contributed by atoms with Gasteiger partial charge in [0.25, 0.3) is 0 Å². The number of nitrogens with one attached hydrogen (secondary N) is 2. The highest BCUT2D eigenvalue weighted by Gasteiger charge is 2.31. The third-order valence-corrected chi connectivity index (χ3v) is 1.84. The van der Waals surface area contributed by atoms with Crippen molar-refractivity contribution in [3.05, 3.63) is 11.5 Å². The van der Waals surface area contributed by atoms with Crippen molar-refractivity contribution < 1.29 is 0 Å². The fourth-order valence-corrected chi connectivity index (χ4v) is 1.14. The molecule has 0 aromatic rings. The van der Waals surface area contributed by atoms with E-state index in [1.807, 2.05) is 0 Å². The Morgan fingerprint density at radius 2 is 1.82 bits per heavy atom. The Labute approximate surface area is 67.0 Å². The molecule has 0 spiro atoms. The zero-order valence-corrected chi connectivity index (χ0v) is 7.23. The van der Waals surface area contributed by atoms with Crippen molar-refractivity contribution >= 4 is 0 Å². The van der Waals surface area contributed by atoms with Gasteiger partial charge >= 0.3 is 0 Å². The van der Waals surface area contributed by atoms with Crippen molar-refractivity contribution in [3.8, 4) is 0 Å². The van der Waals surface area contributed by atoms with Crippen molar-refractivity contribution in [1.29, 1.82) is 0 Å². The van der Waals surface area contributed by atoms with E-state index in [0.29, 0.717) is 11.5 Å². The Morgan fingerprint density at radius 1 is 1.27 bits per heavy atom. The van der Waals surface area contributed by atoms with E-state index in [0.717, 1.165) is 0 Å². The van der Waals surface area contributed by atoms with Crippen molar-refractivity contribution in [1.82, 2.24) is 10.9 Å². The van der Waals surface area contributed by atoms with Crippen LogP contribution in [-0.4, -0.2) is 6.04 Å². The highest BCUT2D eigenvalue weighted by molar-refractivity contribution is 5.19. The van der Waals surface area contributed by atoms with Crippen LogP contribution in [0.25, 0.3) is 0 Å². The van der Waals surface area contributed by atoms with Gasteiger partial charge in [-0.3, -0.25) is 0 Å². The molecule has 0 bridgehead atoms. The minimum Gasteiger partial charge on any atom is -0.398 e. The van der Waals surface area contributed by atoms with Crippen molar-refractivity contribution in [2.45, 2.75) is 26.8 Å². The second-order valence-electron chi connectivity index (χ2n) is 3.94. The van der Waals surface area contributed by atoms with Crippen LogP contribution >= 0.6 is 0 Å². The average molecular weight is 156 g/mol. The van der Waals surface area contributed by atoms with E-state index in [-0.39, 0.29) is 11.5 Å².